The summed E-state index contributed by atoms with van der Waals surface area (Å²) in [5.41, 5.74) is 8.04. The molecule has 5 heteroatoms. The van der Waals surface area contributed by atoms with Gasteiger partial charge in [0.25, 0.3) is 6.01 Å². The molecule has 0 aliphatic carbocycles. The lowest BCUT2D eigenvalue weighted by atomic mass is 10.2. The van der Waals surface area contributed by atoms with Crippen LogP contribution in [0.2, 0.25) is 0 Å². The van der Waals surface area contributed by atoms with Gasteiger partial charge >= 0.3 is 0 Å². The summed E-state index contributed by atoms with van der Waals surface area (Å²) in [7, 11) is 0. The third kappa shape index (κ3) is 2.38. The number of nitrogens with zero attached hydrogens (tertiary/aromatic N) is 2. The average Bonchev–Trinajstić information content (AvgIpc) is 3.05. The summed E-state index contributed by atoms with van der Waals surface area (Å²) in [4.78, 5) is 6.61. The van der Waals surface area contributed by atoms with Crippen LogP contribution in [0.25, 0.3) is 11.1 Å². The van der Waals surface area contributed by atoms with E-state index in [0.717, 1.165) is 43.6 Å². The zero-order chi connectivity index (χ0) is 13.2. The van der Waals surface area contributed by atoms with Crippen LogP contribution in [0.15, 0.2) is 22.6 Å². The molecular weight excluding hydrogens is 242 g/mol. The summed E-state index contributed by atoms with van der Waals surface area (Å²) in [5, 5.41) is 0. The van der Waals surface area contributed by atoms with Crippen molar-refractivity contribution in [2.75, 3.05) is 30.3 Å². The summed E-state index contributed by atoms with van der Waals surface area (Å²) >= 11 is 0. The number of hydrogen-bond acceptors (Lipinski definition) is 5. The monoisotopic (exact) mass is 261 g/mol. The number of nitrogens with two attached hydrogens (primary N) is 1. The van der Waals surface area contributed by atoms with Gasteiger partial charge in [-0.1, -0.05) is 6.07 Å². The molecule has 1 atom stereocenters. The van der Waals surface area contributed by atoms with Gasteiger partial charge in [-0.2, -0.15) is 4.98 Å². The lowest BCUT2D eigenvalue weighted by molar-refractivity contribution is 0.115. The zero-order valence-electron chi connectivity index (χ0n) is 11.1. The van der Waals surface area contributed by atoms with Crippen LogP contribution in [0.4, 0.5) is 11.7 Å². The van der Waals surface area contributed by atoms with E-state index in [9.17, 15) is 0 Å². The number of oxazole rings is 1. The van der Waals surface area contributed by atoms with Gasteiger partial charge in [-0.3, -0.25) is 0 Å². The highest BCUT2D eigenvalue weighted by Crippen LogP contribution is 2.26. The standard InChI is InChI=1S/C14H19N3O2/c1-2-17(9-10-5-4-8-18-10)14-16-13-11(15)6-3-7-12(13)19-14/h3,6-7,10H,2,4-5,8-9,15H2,1H3. The molecule has 0 radical (unpaired) electrons. The second-order valence-electron chi connectivity index (χ2n) is 4.86. The predicted octanol–water partition coefficient (Wildman–Crippen LogP) is 2.42. The normalized spacial score (nSPS) is 19.1. The van der Waals surface area contributed by atoms with Crippen LogP contribution in [0, 0.1) is 0 Å². The number of hydrogen-bond donors (Lipinski definition) is 1. The number of ether oxygens (including phenoxy) is 1. The minimum atomic E-state index is 0.285. The molecule has 2 N–H and O–H groups in total. The van der Waals surface area contributed by atoms with Crippen molar-refractivity contribution in [2.24, 2.45) is 0 Å². The Morgan fingerprint density at radius 3 is 3.05 bits per heavy atom. The summed E-state index contributed by atoms with van der Waals surface area (Å²) < 4.78 is 11.5. The van der Waals surface area contributed by atoms with Gasteiger partial charge in [0.1, 0.15) is 5.52 Å². The second kappa shape index (κ2) is 5.09. The van der Waals surface area contributed by atoms with Crippen molar-refractivity contribution in [3.63, 3.8) is 0 Å². The van der Waals surface area contributed by atoms with Crippen molar-refractivity contribution in [1.29, 1.82) is 0 Å². The molecule has 0 amide bonds. The molecular formula is C14H19N3O2. The molecule has 1 aliphatic rings. The molecule has 1 saturated heterocycles. The van der Waals surface area contributed by atoms with Crippen molar-refractivity contribution in [3.05, 3.63) is 18.2 Å². The van der Waals surface area contributed by atoms with Crippen molar-refractivity contribution >= 4 is 22.8 Å². The number of benzene rings is 1. The Morgan fingerprint density at radius 2 is 2.37 bits per heavy atom. The minimum absolute atomic E-state index is 0.285. The first-order valence-corrected chi connectivity index (χ1v) is 6.79. The highest BCUT2D eigenvalue weighted by Gasteiger charge is 2.21. The van der Waals surface area contributed by atoms with Crippen LogP contribution in [-0.2, 0) is 4.74 Å². The van der Waals surface area contributed by atoms with E-state index in [1.54, 1.807) is 0 Å². The van der Waals surface area contributed by atoms with Gasteiger partial charge in [-0.15, -0.1) is 0 Å². The number of para-hydroxylation sites is 1. The number of fused-ring (bicyclic) bond motifs is 1. The Morgan fingerprint density at radius 1 is 1.47 bits per heavy atom. The van der Waals surface area contributed by atoms with E-state index in [-0.39, 0.29) is 6.10 Å². The van der Waals surface area contributed by atoms with Gasteiger partial charge in [0, 0.05) is 19.7 Å². The van der Waals surface area contributed by atoms with E-state index >= 15 is 0 Å². The first kappa shape index (κ1) is 12.3. The van der Waals surface area contributed by atoms with Crippen LogP contribution in [0.3, 0.4) is 0 Å². The van der Waals surface area contributed by atoms with E-state index < -0.39 is 0 Å². The van der Waals surface area contributed by atoms with E-state index in [1.165, 1.54) is 0 Å². The maximum Gasteiger partial charge on any atom is 0.298 e. The molecule has 1 aliphatic heterocycles. The van der Waals surface area contributed by atoms with Crippen LogP contribution >= 0.6 is 0 Å². The Bertz CT molecular complexity index is 561. The molecule has 2 aromatic rings. The van der Waals surface area contributed by atoms with Crippen LogP contribution < -0.4 is 10.6 Å². The molecule has 0 saturated carbocycles. The lowest BCUT2D eigenvalue weighted by Gasteiger charge is -2.21. The maximum atomic E-state index is 5.91. The molecule has 5 nitrogen and oxygen atoms in total. The van der Waals surface area contributed by atoms with Crippen molar-refractivity contribution < 1.29 is 9.15 Å². The van der Waals surface area contributed by atoms with Crippen LogP contribution in [0.1, 0.15) is 19.8 Å². The average molecular weight is 261 g/mol. The third-order valence-electron chi connectivity index (χ3n) is 3.54. The number of anilines is 2. The minimum Gasteiger partial charge on any atom is -0.423 e. The highest BCUT2D eigenvalue weighted by molar-refractivity contribution is 5.86. The Labute approximate surface area is 112 Å². The molecule has 0 bridgehead atoms. The zero-order valence-corrected chi connectivity index (χ0v) is 11.1. The molecule has 0 spiro atoms. The van der Waals surface area contributed by atoms with Gasteiger partial charge in [0.2, 0.25) is 0 Å². The van der Waals surface area contributed by atoms with Gasteiger partial charge < -0.3 is 19.8 Å². The quantitative estimate of drug-likeness (QED) is 0.856. The molecule has 1 fully saturated rings. The number of likely N-dealkylation sites (N-methyl/N-ethyl adjacent to an activating group) is 1. The van der Waals surface area contributed by atoms with Crippen LogP contribution in [-0.4, -0.2) is 30.8 Å². The highest BCUT2D eigenvalue weighted by atomic mass is 16.5. The SMILES string of the molecule is CCN(CC1CCCO1)c1nc2c(N)cccc2o1. The van der Waals surface area contributed by atoms with Gasteiger partial charge in [-0.05, 0) is 31.9 Å². The molecule has 102 valence electrons. The smallest absolute Gasteiger partial charge is 0.298 e. The van der Waals surface area contributed by atoms with Crippen LogP contribution in [0.5, 0.6) is 0 Å². The Hall–Kier alpha value is -1.75. The molecule has 3 rings (SSSR count). The summed E-state index contributed by atoms with van der Waals surface area (Å²) in [6.07, 6.45) is 2.54. The molecule has 1 unspecified atom stereocenters. The van der Waals surface area contributed by atoms with E-state index in [0.29, 0.717) is 11.7 Å². The molecule has 2 heterocycles. The topological polar surface area (TPSA) is 64.5 Å². The first-order valence-electron chi connectivity index (χ1n) is 6.79. The summed E-state index contributed by atoms with van der Waals surface area (Å²) in [5.74, 6) is 0. The van der Waals surface area contributed by atoms with E-state index in [2.05, 4.69) is 16.8 Å². The van der Waals surface area contributed by atoms with Crippen molar-refractivity contribution in [3.8, 4) is 0 Å². The molecule has 1 aromatic heterocycles. The van der Waals surface area contributed by atoms with Gasteiger partial charge in [-0.25, -0.2) is 0 Å². The molecule has 1 aromatic carbocycles. The van der Waals surface area contributed by atoms with Gasteiger partial charge in [0.15, 0.2) is 5.58 Å². The third-order valence-corrected chi connectivity index (χ3v) is 3.54. The fourth-order valence-corrected chi connectivity index (χ4v) is 2.47. The lowest BCUT2D eigenvalue weighted by Crippen LogP contribution is -2.32. The van der Waals surface area contributed by atoms with Crippen molar-refractivity contribution in [2.45, 2.75) is 25.9 Å². The van der Waals surface area contributed by atoms with E-state index in [4.69, 9.17) is 14.9 Å². The maximum absolute atomic E-state index is 5.91. The fourth-order valence-electron chi connectivity index (χ4n) is 2.47. The Balaban J connectivity index is 1.86. The second-order valence-corrected chi connectivity index (χ2v) is 4.86. The summed E-state index contributed by atoms with van der Waals surface area (Å²) in [6, 6.07) is 6.24. The predicted molar refractivity (Wildman–Crippen MR) is 75.3 cm³/mol. The Kier molecular flexibility index (Phi) is 3.29. The summed E-state index contributed by atoms with van der Waals surface area (Å²) in [6.45, 7) is 4.62. The van der Waals surface area contributed by atoms with E-state index in [1.807, 2.05) is 18.2 Å². The number of rotatable bonds is 4. The fraction of sp³-hybridized carbons (Fsp3) is 0.500. The largest absolute Gasteiger partial charge is 0.423 e. The number of nitrogen functional groups attached to an aromatic ring is 1. The first-order chi connectivity index (χ1) is 9.28. The molecule has 19 heavy (non-hydrogen) atoms. The van der Waals surface area contributed by atoms with Gasteiger partial charge in [0.05, 0.1) is 11.8 Å². The van der Waals surface area contributed by atoms with Crippen molar-refractivity contribution in [1.82, 2.24) is 4.98 Å². The number of aromatic nitrogens is 1.